The molecule has 4 heterocycles. The lowest BCUT2D eigenvalue weighted by atomic mass is 9.81. The number of halogens is 3. The maximum Gasteiger partial charge on any atom is 0.274 e. The van der Waals surface area contributed by atoms with Gasteiger partial charge in [0.05, 0.1) is 25.1 Å². The summed E-state index contributed by atoms with van der Waals surface area (Å²) in [5, 5.41) is 3.29. The van der Waals surface area contributed by atoms with E-state index in [9.17, 15) is 13.6 Å². The second-order valence-electron chi connectivity index (χ2n) is 7.86. The molecule has 0 radical (unpaired) electrons. The van der Waals surface area contributed by atoms with E-state index < -0.39 is 23.1 Å². The number of aromatic nitrogens is 3. The Labute approximate surface area is 204 Å². The number of amides is 1. The van der Waals surface area contributed by atoms with Crippen LogP contribution >= 0.6 is 24.2 Å². The van der Waals surface area contributed by atoms with E-state index in [2.05, 4.69) is 20.3 Å². The van der Waals surface area contributed by atoms with Crippen molar-refractivity contribution in [3.05, 3.63) is 77.9 Å². The smallest absolute Gasteiger partial charge is 0.274 e. The summed E-state index contributed by atoms with van der Waals surface area (Å²) in [5.41, 5.74) is 7.01. The third-order valence-corrected chi connectivity index (χ3v) is 6.72. The van der Waals surface area contributed by atoms with Crippen molar-refractivity contribution >= 4 is 46.9 Å². The van der Waals surface area contributed by atoms with Gasteiger partial charge in [-0.05, 0) is 29.8 Å². The standard InChI is InChI=1S/C22H19F2N7OS.ClH/c23-15-4-5-18(26-7-15)19(32)29-17-3-1-2-13(6-17)22-12-31(21-27-8-16(24)9-28-21)10-14(22)11-33-20(25)30-22;/h1-9,14H,10-12H2,(H2,25,30)(H,29,32);1H/t14-,22?;/m0./s1. The number of hydrogen-bond acceptors (Lipinski definition) is 8. The summed E-state index contributed by atoms with van der Waals surface area (Å²) in [6, 6.07) is 9.90. The Morgan fingerprint density at radius 2 is 1.88 bits per heavy atom. The maximum absolute atomic E-state index is 13.3. The summed E-state index contributed by atoms with van der Waals surface area (Å²) < 4.78 is 26.4. The first-order chi connectivity index (χ1) is 15.9. The fourth-order valence-electron chi connectivity index (χ4n) is 4.22. The highest BCUT2D eigenvalue weighted by molar-refractivity contribution is 8.13. The van der Waals surface area contributed by atoms with Gasteiger partial charge in [0.25, 0.3) is 5.91 Å². The molecule has 12 heteroatoms. The number of benzene rings is 1. The first kappa shape index (κ1) is 23.8. The molecule has 176 valence electrons. The zero-order valence-corrected chi connectivity index (χ0v) is 19.3. The van der Waals surface area contributed by atoms with Crippen molar-refractivity contribution in [2.45, 2.75) is 5.54 Å². The van der Waals surface area contributed by atoms with E-state index in [-0.39, 0.29) is 24.0 Å². The minimum absolute atomic E-state index is 0. The van der Waals surface area contributed by atoms with Crippen LogP contribution in [0.3, 0.4) is 0 Å². The molecule has 0 bridgehead atoms. The molecule has 2 aliphatic rings. The second-order valence-corrected chi connectivity index (χ2v) is 8.90. The van der Waals surface area contributed by atoms with Gasteiger partial charge in [0.15, 0.2) is 11.0 Å². The molecule has 0 saturated carbocycles. The highest BCUT2D eigenvalue weighted by atomic mass is 35.5. The Hall–Kier alpha value is -3.31. The van der Waals surface area contributed by atoms with Crippen LogP contribution in [0, 0.1) is 17.6 Å². The van der Waals surface area contributed by atoms with Crippen LogP contribution in [0.4, 0.5) is 20.4 Å². The normalized spacial score (nSPS) is 21.3. The molecule has 1 saturated heterocycles. The van der Waals surface area contributed by atoms with Crippen LogP contribution in [0.1, 0.15) is 16.1 Å². The van der Waals surface area contributed by atoms with Crippen LogP contribution in [-0.4, -0.2) is 44.9 Å². The number of nitrogens with two attached hydrogens (primary N) is 1. The van der Waals surface area contributed by atoms with Gasteiger partial charge in [-0.2, -0.15) is 0 Å². The molecule has 1 aromatic carbocycles. The van der Waals surface area contributed by atoms with E-state index in [0.717, 1.165) is 29.9 Å². The Kier molecular flexibility index (Phi) is 6.67. The van der Waals surface area contributed by atoms with Gasteiger partial charge in [-0.25, -0.2) is 28.7 Å². The molecule has 3 aromatic rings. The van der Waals surface area contributed by atoms with Crippen molar-refractivity contribution in [1.82, 2.24) is 15.0 Å². The van der Waals surface area contributed by atoms with Crippen LogP contribution in [0.15, 0.2) is 60.0 Å². The van der Waals surface area contributed by atoms with Crippen molar-refractivity contribution in [2.75, 3.05) is 29.1 Å². The quantitative estimate of drug-likeness (QED) is 0.562. The number of carbonyl (C=O) groups is 1. The summed E-state index contributed by atoms with van der Waals surface area (Å²) in [6.07, 6.45) is 3.28. The Bertz CT molecular complexity index is 1230. The van der Waals surface area contributed by atoms with E-state index in [1.54, 1.807) is 6.07 Å². The van der Waals surface area contributed by atoms with E-state index in [4.69, 9.17) is 10.7 Å². The van der Waals surface area contributed by atoms with Crippen molar-refractivity contribution in [3.8, 4) is 0 Å². The molecule has 1 amide bonds. The van der Waals surface area contributed by atoms with Crippen molar-refractivity contribution in [2.24, 2.45) is 16.6 Å². The lowest BCUT2D eigenvalue weighted by molar-refractivity contribution is 0.102. The third kappa shape index (κ3) is 4.53. The van der Waals surface area contributed by atoms with Gasteiger partial charge in [-0.15, -0.1) is 12.4 Å². The topological polar surface area (TPSA) is 109 Å². The number of nitrogens with one attached hydrogen (secondary N) is 1. The molecule has 5 rings (SSSR count). The van der Waals surface area contributed by atoms with Gasteiger partial charge < -0.3 is 16.0 Å². The van der Waals surface area contributed by atoms with E-state index in [1.807, 2.05) is 23.1 Å². The molecule has 1 unspecified atom stereocenters. The molecule has 3 N–H and O–H groups in total. The fraction of sp³-hybridized carbons (Fsp3) is 0.227. The average Bonchev–Trinajstić information content (AvgIpc) is 3.20. The lowest BCUT2D eigenvalue weighted by Gasteiger charge is -2.34. The zero-order chi connectivity index (χ0) is 23.0. The molecular weight excluding hydrogens is 484 g/mol. The molecule has 34 heavy (non-hydrogen) atoms. The molecule has 2 atom stereocenters. The summed E-state index contributed by atoms with van der Waals surface area (Å²) >= 11 is 1.49. The van der Waals surface area contributed by atoms with Crippen LogP contribution in [0.2, 0.25) is 0 Å². The van der Waals surface area contributed by atoms with Crippen LogP contribution < -0.4 is 16.0 Å². The van der Waals surface area contributed by atoms with Crippen molar-refractivity contribution < 1.29 is 13.6 Å². The number of rotatable bonds is 4. The van der Waals surface area contributed by atoms with Crippen molar-refractivity contribution in [1.29, 1.82) is 0 Å². The Morgan fingerprint density at radius 1 is 1.12 bits per heavy atom. The molecule has 1 fully saturated rings. The number of thioether (sulfide) groups is 1. The summed E-state index contributed by atoms with van der Waals surface area (Å²) in [5.74, 6) is -0.175. The first-order valence-corrected chi connectivity index (χ1v) is 11.2. The predicted octanol–water partition coefficient (Wildman–Crippen LogP) is 3.22. The van der Waals surface area contributed by atoms with Gasteiger partial charge in [-0.3, -0.25) is 4.79 Å². The highest BCUT2D eigenvalue weighted by Crippen LogP contribution is 2.46. The van der Waals surface area contributed by atoms with E-state index >= 15 is 0 Å². The summed E-state index contributed by atoms with van der Waals surface area (Å²) in [7, 11) is 0. The number of anilines is 2. The number of carbonyl (C=O) groups excluding carboxylic acids is 1. The predicted molar refractivity (Wildman–Crippen MR) is 129 cm³/mol. The van der Waals surface area contributed by atoms with E-state index in [1.165, 1.54) is 23.9 Å². The number of pyridine rings is 1. The molecule has 8 nitrogen and oxygen atoms in total. The average molecular weight is 504 g/mol. The lowest BCUT2D eigenvalue weighted by Crippen LogP contribution is -2.40. The largest absolute Gasteiger partial charge is 0.379 e. The summed E-state index contributed by atoms with van der Waals surface area (Å²) in [4.78, 5) is 31.4. The van der Waals surface area contributed by atoms with E-state index in [0.29, 0.717) is 29.9 Å². The van der Waals surface area contributed by atoms with Crippen LogP contribution in [0.25, 0.3) is 0 Å². The molecule has 2 aromatic heterocycles. The molecular formula is C22H20ClF2N7OS. The first-order valence-electron chi connectivity index (χ1n) is 10.2. The van der Waals surface area contributed by atoms with Gasteiger partial charge in [0.1, 0.15) is 17.1 Å². The number of amidine groups is 1. The monoisotopic (exact) mass is 503 g/mol. The third-order valence-electron chi connectivity index (χ3n) is 5.76. The van der Waals surface area contributed by atoms with Gasteiger partial charge in [0, 0.05) is 23.9 Å². The van der Waals surface area contributed by atoms with Crippen molar-refractivity contribution in [3.63, 3.8) is 0 Å². The summed E-state index contributed by atoms with van der Waals surface area (Å²) in [6.45, 7) is 1.09. The fourth-order valence-corrected chi connectivity index (χ4v) is 5.20. The molecule has 0 aliphatic carbocycles. The minimum atomic E-state index is -0.665. The van der Waals surface area contributed by atoms with Gasteiger partial charge in [-0.1, -0.05) is 23.9 Å². The molecule has 0 spiro atoms. The maximum atomic E-state index is 13.3. The highest BCUT2D eigenvalue weighted by Gasteiger charge is 2.50. The SMILES string of the molecule is Cl.NC1=NC2(c3cccc(NC(=O)c4ccc(F)cn4)c3)CN(c3ncc(F)cn3)C[C@H]2CS1. The van der Waals surface area contributed by atoms with Crippen LogP contribution in [-0.2, 0) is 5.54 Å². The minimum Gasteiger partial charge on any atom is -0.379 e. The number of nitrogens with zero attached hydrogens (tertiary/aromatic N) is 5. The van der Waals surface area contributed by atoms with Gasteiger partial charge in [0.2, 0.25) is 5.95 Å². The second kappa shape index (κ2) is 9.51. The molecule has 2 aliphatic heterocycles. The number of fused-ring (bicyclic) bond motifs is 1. The zero-order valence-electron chi connectivity index (χ0n) is 17.7. The number of hydrogen-bond donors (Lipinski definition) is 2. The van der Waals surface area contributed by atoms with Gasteiger partial charge >= 0.3 is 0 Å². The Balaban J connectivity index is 0.00000274. The van der Waals surface area contributed by atoms with Crippen LogP contribution in [0.5, 0.6) is 0 Å². The number of aliphatic imine (C=N–C) groups is 1. The Morgan fingerprint density at radius 3 is 2.62 bits per heavy atom.